The summed E-state index contributed by atoms with van der Waals surface area (Å²) in [4.78, 5) is 12.0. The average Bonchev–Trinajstić information content (AvgIpc) is 2.74. The van der Waals surface area contributed by atoms with Crippen LogP contribution in [0.25, 0.3) is 6.08 Å². The van der Waals surface area contributed by atoms with E-state index in [0.717, 1.165) is 0 Å². The molecule has 1 aromatic carbocycles. The number of rotatable bonds is 5. The van der Waals surface area contributed by atoms with Crippen molar-refractivity contribution in [3.8, 4) is 0 Å². The lowest BCUT2D eigenvalue weighted by Crippen LogP contribution is -2.41. The number of nitrogen functional groups attached to an aromatic ring is 1. The zero-order chi connectivity index (χ0) is 18.8. The van der Waals surface area contributed by atoms with Gasteiger partial charge in [-0.2, -0.15) is 0 Å². The molecule has 0 saturated carbocycles. The second kappa shape index (κ2) is 7.19. The van der Waals surface area contributed by atoms with Crippen molar-refractivity contribution in [3.63, 3.8) is 0 Å². The summed E-state index contributed by atoms with van der Waals surface area (Å²) in [6, 6.07) is 5.03. The maximum Gasteiger partial charge on any atom is 0.492 e. The molecule has 7 heteroatoms. The maximum absolute atomic E-state index is 12.0. The molecule has 1 aromatic rings. The molecule has 0 unspecified atom stereocenters. The third-order valence-electron chi connectivity index (χ3n) is 4.66. The molecular formula is C18H26BNO5. The molecule has 1 fully saturated rings. The van der Waals surface area contributed by atoms with Gasteiger partial charge in [-0.25, -0.2) is 4.79 Å². The van der Waals surface area contributed by atoms with E-state index in [9.17, 15) is 9.90 Å². The van der Waals surface area contributed by atoms with Gasteiger partial charge in [-0.05, 0) is 57.8 Å². The van der Waals surface area contributed by atoms with Crippen molar-refractivity contribution in [3.05, 3.63) is 34.8 Å². The van der Waals surface area contributed by atoms with Crippen molar-refractivity contribution >= 4 is 24.9 Å². The second-order valence-electron chi connectivity index (χ2n) is 7.03. The molecular weight excluding hydrogens is 321 g/mol. The van der Waals surface area contributed by atoms with Crippen molar-refractivity contribution in [2.24, 2.45) is 0 Å². The molecule has 1 aliphatic heterocycles. The molecule has 1 heterocycles. The standard InChI is InChI=1S/C18H26BNO5/c1-6-23-16(22)14-10-12(7-8-15(14)20)9-13(11-21)19-24-17(2,3)18(4,5)25-19/h7-10,21H,6,11,20H2,1-5H3. The Morgan fingerprint density at radius 3 is 2.40 bits per heavy atom. The first-order chi connectivity index (χ1) is 11.6. The highest BCUT2D eigenvalue weighted by atomic mass is 16.7. The first kappa shape index (κ1) is 19.5. The van der Waals surface area contributed by atoms with Gasteiger partial charge in [-0.3, -0.25) is 0 Å². The monoisotopic (exact) mass is 347 g/mol. The van der Waals surface area contributed by atoms with Gasteiger partial charge in [-0.1, -0.05) is 12.1 Å². The summed E-state index contributed by atoms with van der Waals surface area (Å²) in [6.07, 6.45) is 1.74. The highest BCUT2D eigenvalue weighted by Gasteiger charge is 2.52. The number of ether oxygens (including phenoxy) is 1. The Labute approximate surface area is 149 Å². The van der Waals surface area contributed by atoms with Crippen molar-refractivity contribution in [1.82, 2.24) is 0 Å². The molecule has 1 saturated heterocycles. The predicted molar refractivity (Wildman–Crippen MR) is 98.0 cm³/mol. The molecule has 25 heavy (non-hydrogen) atoms. The first-order valence-electron chi connectivity index (χ1n) is 8.35. The zero-order valence-electron chi connectivity index (χ0n) is 15.5. The molecule has 2 rings (SSSR count). The van der Waals surface area contributed by atoms with Crippen molar-refractivity contribution in [2.75, 3.05) is 18.9 Å². The van der Waals surface area contributed by atoms with E-state index < -0.39 is 24.3 Å². The molecule has 0 amide bonds. The van der Waals surface area contributed by atoms with Crippen LogP contribution in [-0.4, -0.2) is 42.6 Å². The first-order valence-corrected chi connectivity index (χ1v) is 8.35. The van der Waals surface area contributed by atoms with Crippen molar-refractivity contribution in [2.45, 2.75) is 45.8 Å². The molecule has 136 valence electrons. The topological polar surface area (TPSA) is 91.0 Å². The van der Waals surface area contributed by atoms with E-state index in [0.29, 0.717) is 22.3 Å². The number of esters is 1. The summed E-state index contributed by atoms with van der Waals surface area (Å²) in [6.45, 7) is 9.58. The second-order valence-corrected chi connectivity index (χ2v) is 7.03. The normalized spacial score (nSPS) is 19.1. The van der Waals surface area contributed by atoms with Crippen LogP contribution in [0.5, 0.6) is 0 Å². The summed E-state index contributed by atoms with van der Waals surface area (Å²) < 4.78 is 16.9. The number of aliphatic hydroxyl groups is 1. The minimum atomic E-state index is -0.654. The number of anilines is 1. The molecule has 0 bridgehead atoms. The Morgan fingerprint density at radius 2 is 1.88 bits per heavy atom. The number of aliphatic hydroxyl groups excluding tert-OH is 1. The highest BCUT2D eigenvalue weighted by molar-refractivity contribution is 6.55. The van der Waals surface area contributed by atoms with Crippen LogP contribution in [0.3, 0.4) is 0 Å². The van der Waals surface area contributed by atoms with Crippen LogP contribution >= 0.6 is 0 Å². The van der Waals surface area contributed by atoms with Crippen LogP contribution < -0.4 is 5.73 Å². The number of nitrogens with two attached hydrogens (primary N) is 1. The fraction of sp³-hybridized carbons (Fsp3) is 0.500. The smallest absolute Gasteiger partial charge is 0.462 e. The lowest BCUT2D eigenvalue weighted by Gasteiger charge is -2.32. The Hall–Kier alpha value is -1.83. The molecule has 0 spiro atoms. The Balaban J connectivity index is 2.32. The van der Waals surface area contributed by atoms with Crippen LogP contribution in [0.1, 0.15) is 50.5 Å². The third-order valence-corrected chi connectivity index (χ3v) is 4.66. The number of hydrogen-bond donors (Lipinski definition) is 2. The summed E-state index contributed by atoms with van der Waals surface area (Å²) in [5.41, 5.74) is 6.77. The number of benzene rings is 1. The number of carbonyl (C=O) groups excluding carboxylic acids is 1. The lowest BCUT2D eigenvalue weighted by molar-refractivity contribution is 0.00578. The van der Waals surface area contributed by atoms with Gasteiger partial charge in [0.2, 0.25) is 0 Å². The maximum atomic E-state index is 12.0. The molecule has 0 aliphatic carbocycles. The molecule has 0 aromatic heterocycles. The molecule has 6 nitrogen and oxygen atoms in total. The van der Waals surface area contributed by atoms with Crippen LogP contribution in [0, 0.1) is 0 Å². The Bertz CT molecular complexity index is 668. The lowest BCUT2D eigenvalue weighted by atomic mass is 9.77. The zero-order valence-corrected chi connectivity index (χ0v) is 15.5. The number of hydrogen-bond acceptors (Lipinski definition) is 6. The Kier molecular flexibility index (Phi) is 5.61. The fourth-order valence-corrected chi connectivity index (χ4v) is 2.45. The summed E-state index contributed by atoms with van der Waals surface area (Å²) in [5, 5.41) is 9.76. The number of carbonyl (C=O) groups is 1. The van der Waals surface area contributed by atoms with E-state index in [2.05, 4.69) is 0 Å². The van der Waals surface area contributed by atoms with Crippen LogP contribution in [0.2, 0.25) is 0 Å². The molecule has 0 radical (unpaired) electrons. The van der Waals surface area contributed by atoms with Gasteiger partial charge < -0.3 is 24.9 Å². The SMILES string of the molecule is CCOC(=O)c1cc(C=C(CO)B2OC(C)(C)C(C)(C)O2)ccc1N. The van der Waals surface area contributed by atoms with Gasteiger partial charge in [0.25, 0.3) is 0 Å². The van der Waals surface area contributed by atoms with Gasteiger partial charge in [0.05, 0.1) is 30.0 Å². The van der Waals surface area contributed by atoms with E-state index in [1.807, 2.05) is 27.7 Å². The highest BCUT2D eigenvalue weighted by Crippen LogP contribution is 2.38. The predicted octanol–water partition coefficient (Wildman–Crippen LogP) is 2.45. The minimum Gasteiger partial charge on any atom is -0.462 e. The van der Waals surface area contributed by atoms with E-state index in [4.69, 9.17) is 19.8 Å². The Morgan fingerprint density at radius 1 is 1.28 bits per heavy atom. The third kappa shape index (κ3) is 4.06. The van der Waals surface area contributed by atoms with Gasteiger partial charge in [0.1, 0.15) is 0 Å². The van der Waals surface area contributed by atoms with E-state index in [1.165, 1.54) is 0 Å². The van der Waals surface area contributed by atoms with E-state index in [-0.39, 0.29) is 13.2 Å². The van der Waals surface area contributed by atoms with Crippen molar-refractivity contribution in [1.29, 1.82) is 0 Å². The molecule has 0 atom stereocenters. The van der Waals surface area contributed by atoms with Gasteiger partial charge in [0, 0.05) is 5.69 Å². The quantitative estimate of drug-likeness (QED) is 0.483. The fourth-order valence-electron chi connectivity index (χ4n) is 2.45. The summed E-state index contributed by atoms with van der Waals surface area (Å²) in [7, 11) is -0.654. The summed E-state index contributed by atoms with van der Waals surface area (Å²) in [5.74, 6) is -0.476. The average molecular weight is 347 g/mol. The summed E-state index contributed by atoms with van der Waals surface area (Å²) >= 11 is 0. The van der Waals surface area contributed by atoms with Crippen molar-refractivity contribution < 1.29 is 23.9 Å². The van der Waals surface area contributed by atoms with Crippen LogP contribution in [-0.2, 0) is 14.0 Å². The van der Waals surface area contributed by atoms with E-state index in [1.54, 1.807) is 31.2 Å². The van der Waals surface area contributed by atoms with Gasteiger partial charge in [-0.15, -0.1) is 0 Å². The van der Waals surface area contributed by atoms with Crippen LogP contribution in [0.15, 0.2) is 23.7 Å². The van der Waals surface area contributed by atoms with Crippen LogP contribution in [0.4, 0.5) is 5.69 Å². The molecule has 1 aliphatic rings. The van der Waals surface area contributed by atoms with Gasteiger partial charge >= 0.3 is 13.1 Å². The van der Waals surface area contributed by atoms with Gasteiger partial charge in [0.15, 0.2) is 0 Å². The largest absolute Gasteiger partial charge is 0.492 e. The minimum absolute atomic E-state index is 0.226. The van der Waals surface area contributed by atoms with E-state index >= 15 is 0 Å². The molecule has 3 N–H and O–H groups in total.